The van der Waals surface area contributed by atoms with Gasteiger partial charge < -0.3 is 9.47 Å². The van der Waals surface area contributed by atoms with Crippen molar-refractivity contribution in [2.75, 3.05) is 13.2 Å². The van der Waals surface area contributed by atoms with Crippen molar-refractivity contribution in [3.05, 3.63) is 35.9 Å². The van der Waals surface area contributed by atoms with Gasteiger partial charge in [0, 0.05) is 12.3 Å². The third-order valence-electron chi connectivity index (χ3n) is 5.67. The number of ketones is 1. The van der Waals surface area contributed by atoms with Gasteiger partial charge in [-0.05, 0) is 24.8 Å². The second-order valence-corrected chi connectivity index (χ2v) is 7.74. The molecule has 2 aliphatic heterocycles. The largest absolute Gasteiger partial charge is 0.445 e. The minimum absolute atomic E-state index is 0.0506. The molecule has 0 aliphatic carbocycles. The molecule has 5 nitrogen and oxygen atoms in total. The second kappa shape index (κ2) is 9.88. The van der Waals surface area contributed by atoms with E-state index in [1.807, 2.05) is 35.2 Å². The zero-order chi connectivity index (χ0) is 19.1. The zero-order valence-electron chi connectivity index (χ0n) is 16.3. The summed E-state index contributed by atoms with van der Waals surface area (Å²) in [7, 11) is 0. The van der Waals surface area contributed by atoms with Gasteiger partial charge in [-0.1, -0.05) is 56.5 Å². The first kappa shape index (κ1) is 19.9. The van der Waals surface area contributed by atoms with E-state index in [4.69, 9.17) is 9.47 Å². The van der Waals surface area contributed by atoms with Crippen molar-refractivity contribution in [2.24, 2.45) is 5.92 Å². The van der Waals surface area contributed by atoms with E-state index >= 15 is 0 Å². The molecule has 2 atom stereocenters. The topological polar surface area (TPSA) is 55.8 Å². The molecule has 0 N–H and O–H groups in total. The van der Waals surface area contributed by atoms with Crippen LogP contribution in [0, 0.1) is 5.92 Å². The minimum Gasteiger partial charge on any atom is -0.445 e. The van der Waals surface area contributed by atoms with Gasteiger partial charge in [0.15, 0.2) is 0 Å². The molecule has 2 bridgehead atoms. The molecule has 2 heterocycles. The molecule has 27 heavy (non-hydrogen) atoms. The minimum atomic E-state index is -0.286. The van der Waals surface area contributed by atoms with Gasteiger partial charge in [0.1, 0.15) is 12.4 Å². The summed E-state index contributed by atoms with van der Waals surface area (Å²) in [6.07, 6.45) is 6.26. The Labute approximate surface area is 162 Å². The standard InChI is InChI=1S/C22H31NO4/c1-2-3-4-8-11-21(24)18-12-19-15-26-16-20(13-18)23(19)22(25)27-14-17-9-6-5-7-10-17/h5-7,9-10,18-20H,2-4,8,11-16H2,1H3. The molecule has 148 valence electrons. The Bertz CT molecular complexity index is 604. The average molecular weight is 373 g/mol. The highest BCUT2D eigenvalue weighted by molar-refractivity contribution is 5.81. The van der Waals surface area contributed by atoms with Crippen molar-refractivity contribution in [3.63, 3.8) is 0 Å². The van der Waals surface area contributed by atoms with Crippen LogP contribution < -0.4 is 0 Å². The van der Waals surface area contributed by atoms with Crippen molar-refractivity contribution in [1.29, 1.82) is 0 Å². The number of ether oxygens (including phenoxy) is 2. The lowest BCUT2D eigenvalue weighted by atomic mass is 9.81. The van der Waals surface area contributed by atoms with Crippen molar-refractivity contribution < 1.29 is 19.1 Å². The molecule has 5 heteroatoms. The first-order chi connectivity index (χ1) is 13.2. The first-order valence-corrected chi connectivity index (χ1v) is 10.3. The highest BCUT2D eigenvalue weighted by atomic mass is 16.6. The molecular formula is C22H31NO4. The third kappa shape index (κ3) is 5.32. The van der Waals surface area contributed by atoms with Gasteiger partial charge in [0.25, 0.3) is 0 Å². The van der Waals surface area contributed by atoms with E-state index in [1.54, 1.807) is 0 Å². The Balaban J connectivity index is 1.53. The maximum Gasteiger partial charge on any atom is 0.410 e. The summed E-state index contributed by atoms with van der Waals surface area (Å²) in [6.45, 7) is 3.44. The molecule has 2 saturated heterocycles. The van der Waals surface area contributed by atoms with Gasteiger partial charge in [-0.2, -0.15) is 0 Å². The highest BCUT2D eigenvalue weighted by Gasteiger charge is 2.44. The van der Waals surface area contributed by atoms with Gasteiger partial charge in [-0.3, -0.25) is 9.69 Å². The van der Waals surface area contributed by atoms with Crippen LogP contribution in [0.4, 0.5) is 4.79 Å². The number of hydrogen-bond acceptors (Lipinski definition) is 4. The number of fused-ring (bicyclic) bond motifs is 2. The van der Waals surface area contributed by atoms with Crippen LogP contribution in [0.2, 0.25) is 0 Å². The second-order valence-electron chi connectivity index (χ2n) is 7.74. The predicted molar refractivity (Wildman–Crippen MR) is 103 cm³/mol. The van der Waals surface area contributed by atoms with Crippen LogP contribution in [0.5, 0.6) is 0 Å². The number of benzene rings is 1. The molecule has 1 amide bonds. The molecule has 2 fully saturated rings. The lowest BCUT2D eigenvalue weighted by Gasteiger charge is -2.47. The van der Waals surface area contributed by atoms with Crippen LogP contribution in [-0.4, -0.2) is 42.1 Å². The van der Waals surface area contributed by atoms with E-state index in [2.05, 4.69) is 6.92 Å². The van der Waals surface area contributed by atoms with E-state index < -0.39 is 0 Å². The Kier molecular flexibility index (Phi) is 7.27. The average Bonchev–Trinajstić information content (AvgIpc) is 2.69. The van der Waals surface area contributed by atoms with Gasteiger partial charge in [0.05, 0.1) is 25.3 Å². The van der Waals surface area contributed by atoms with Gasteiger partial charge in [-0.25, -0.2) is 4.79 Å². The van der Waals surface area contributed by atoms with Crippen LogP contribution in [0.15, 0.2) is 30.3 Å². The highest BCUT2D eigenvalue weighted by Crippen LogP contribution is 2.33. The summed E-state index contributed by atoms with van der Waals surface area (Å²) < 4.78 is 11.2. The van der Waals surface area contributed by atoms with E-state index in [-0.39, 0.29) is 30.7 Å². The van der Waals surface area contributed by atoms with E-state index in [0.717, 1.165) is 18.4 Å². The molecule has 0 saturated carbocycles. The molecule has 2 aliphatic rings. The number of morpholine rings is 1. The number of amides is 1. The maximum atomic E-state index is 12.7. The van der Waals surface area contributed by atoms with Gasteiger partial charge >= 0.3 is 6.09 Å². The van der Waals surface area contributed by atoms with Crippen molar-refractivity contribution in [3.8, 4) is 0 Å². The quantitative estimate of drug-likeness (QED) is 0.636. The summed E-state index contributed by atoms with van der Waals surface area (Å²) in [5, 5.41) is 0. The normalized spacial score (nSPS) is 24.5. The molecule has 0 radical (unpaired) electrons. The zero-order valence-corrected chi connectivity index (χ0v) is 16.3. The summed E-state index contributed by atoms with van der Waals surface area (Å²) in [6, 6.07) is 9.60. The van der Waals surface area contributed by atoms with Crippen LogP contribution >= 0.6 is 0 Å². The van der Waals surface area contributed by atoms with Crippen molar-refractivity contribution >= 4 is 11.9 Å². The Morgan fingerprint density at radius 3 is 2.44 bits per heavy atom. The van der Waals surface area contributed by atoms with E-state index in [9.17, 15) is 9.59 Å². The predicted octanol–water partition coefficient (Wildman–Crippen LogP) is 4.34. The Hall–Kier alpha value is -1.88. The number of piperidine rings is 1. The van der Waals surface area contributed by atoms with E-state index in [1.165, 1.54) is 12.8 Å². The molecule has 3 rings (SSSR count). The molecule has 1 aromatic rings. The number of hydrogen-bond donors (Lipinski definition) is 0. The Morgan fingerprint density at radius 1 is 1.07 bits per heavy atom. The molecule has 1 aromatic carbocycles. The van der Waals surface area contributed by atoms with Crippen LogP contribution in [0.25, 0.3) is 0 Å². The lowest BCUT2D eigenvalue weighted by molar-refractivity contribution is -0.131. The fraction of sp³-hybridized carbons (Fsp3) is 0.636. The number of unbranched alkanes of at least 4 members (excludes halogenated alkanes) is 3. The Morgan fingerprint density at radius 2 is 1.78 bits per heavy atom. The maximum absolute atomic E-state index is 12.7. The molecule has 0 aromatic heterocycles. The van der Waals surface area contributed by atoms with E-state index in [0.29, 0.717) is 38.3 Å². The smallest absolute Gasteiger partial charge is 0.410 e. The summed E-state index contributed by atoms with van der Waals surface area (Å²) in [5.41, 5.74) is 0.976. The summed E-state index contributed by atoms with van der Waals surface area (Å²) >= 11 is 0. The van der Waals surface area contributed by atoms with Gasteiger partial charge in [-0.15, -0.1) is 0 Å². The first-order valence-electron chi connectivity index (χ1n) is 10.3. The van der Waals surface area contributed by atoms with Gasteiger partial charge in [0.2, 0.25) is 0 Å². The number of Topliss-reactive ketones (excluding diaryl/α,β-unsaturated/α-hetero) is 1. The summed E-state index contributed by atoms with van der Waals surface area (Å²) in [5.74, 6) is 0.420. The SMILES string of the molecule is CCCCCCC(=O)C1CC2COCC(C1)N2C(=O)OCc1ccccc1. The number of rotatable bonds is 8. The summed E-state index contributed by atoms with van der Waals surface area (Å²) in [4.78, 5) is 27.1. The number of carbonyl (C=O) groups is 2. The molecule has 0 spiro atoms. The van der Waals surface area contributed by atoms with Crippen LogP contribution in [0.1, 0.15) is 57.4 Å². The third-order valence-corrected chi connectivity index (χ3v) is 5.67. The van der Waals surface area contributed by atoms with Crippen molar-refractivity contribution in [2.45, 2.75) is 70.6 Å². The number of nitrogens with zero attached hydrogens (tertiary/aromatic N) is 1. The number of carbonyl (C=O) groups excluding carboxylic acids is 2. The molecule has 2 unspecified atom stereocenters. The fourth-order valence-corrected chi connectivity index (χ4v) is 4.20. The monoisotopic (exact) mass is 373 g/mol. The lowest BCUT2D eigenvalue weighted by Crippen LogP contribution is -2.59. The van der Waals surface area contributed by atoms with Crippen molar-refractivity contribution in [1.82, 2.24) is 4.90 Å². The van der Waals surface area contributed by atoms with Crippen LogP contribution in [0.3, 0.4) is 0 Å². The fourth-order valence-electron chi connectivity index (χ4n) is 4.20. The molecular weight excluding hydrogens is 342 g/mol. The van der Waals surface area contributed by atoms with Crippen LogP contribution in [-0.2, 0) is 20.9 Å².